The van der Waals surface area contributed by atoms with Crippen molar-refractivity contribution in [1.29, 1.82) is 5.26 Å². The first-order valence-electron chi connectivity index (χ1n) is 3.91. The third-order valence-corrected chi connectivity index (χ3v) is 1.70. The van der Waals surface area contributed by atoms with Gasteiger partial charge in [-0.15, -0.1) is 0 Å². The molecular formula is C11H10N2. The number of nitrogens with zero attached hydrogens (tertiary/aromatic N) is 2. The molecule has 0 N–H and O–H groups in total. The van der Waals surface area contributed by atoms with E-state index < -0.39 is 0 Å². The number of nitriles is 1. The maximum Gasteiger partial charge on any atom is 0.0774 e. The smallest absolute Gasteiger partial charge is 0.0774 e. The van der Waals surface area contributed by atoms with Gasteiger partial charge < -0.3 is 0 Å². The Hall–Kier alpha value is -1.88. The van der Waals surface area contributed by atoms with Crippen LogP contribution in [0.25, 0.3) is 5.57 Å². The molecule has 0 bridgehead atoms. The maximum absolute atomic E-state index is 8.42. The predicted octanol–water partition coefficient (Wildman–Crippen LogP) is 2.35. The van der Waals surface area contributed by atoms with Crippen LogP contribution in [-0.2, 0) is 6.42 Å². The van der Waals surface area contributed by atoms with Gasteiger partial charge >= 0.3 is 0 Å². The molecule has 13 heavy (non-hydrogen) atoms. The summed E-state index contributed by atoms with van der Waals surface area (Å²) >= 11 is 0. The van der Waals surface area contributed by atoms with E-state index in [0.29, 0.717) is 6.42 Å². The third-order valence-electron chi connectivity index (χ3n) is 1.70. The second-order valence-electron chi connectivity index (χ2n) is 2.60. The van der Waals surface area contributed by atoms with Gasteiger partial charge in [-0.25, -0.2) is 0 Å². The molecule has 64 valence electrons. The molecule has 0 atom stereocenters. The molecule has 1 heterocycles. The van der Waals surface area contributed by atoms with E-state index in [1.54, 1.807) is 12.3 Å². The zero-order valence-electron chi connectivity index (χ0n) is 7.33. The Labute approximate surface area is 77.9 Å². The molecular weight excluding hydrogens is 160 g/mol. The molecule has 0 aromatic carbocycles. The molecule has 0 fully saturated rings. The molecule has 0 unspecified atom stereocenters. The van der Waals surface area contributed by atoms with E-state index in [-0.39, 0.29) is 0 Å². The van der Waals surface area contributed by atoms with Gasteiger partial charge in [0.2, 0.25) is 0 Å². The highest BCUT2D eigenvalue weighted by Gasteiger charge is 1.96. The Kier molecular flexibility index (Phi) is 2.99. The van der Waals surface area contributed by atoms with Crippen molar-refractivity contribution in [3.63, 3.8) is 0 Å². The summed E-state index contributed by atoms with van der Waals surface area (Å²) in [6.07, 6.45) is 3.73. The van der Waals surface area contributed by atoms with Gasteiger partial charge in [0, 0.05) is 6.20 Å². The van der Waals surface area contributed by atoms with Crippen molar-refractivity contribution in [2.24, 2.45) is 0 Å². The Morgan fingerprint density at radius 3 is 2.85 bits per heavy atom. The van der Waals surface area contributed by atoms with Gasteiger partial charge in [0.15, 0.2) is 0 Å². The van der Waals surface area contributed by atoms with Crippen LogP contribution in [0.4, 0.5) is 0 Å². The summed E-state index contributed by atoms with van der Waals surface area (Å²) < 4.78 is 0. The average Bonchev–Trinajstić information content (AvgIpc) is 2.18. The van der Waals surface area contributed by atoms with E-state index in [1.165, 1.54) is 0 Å². The van der Waals surface area contributed by atoms with Crippen LogP contribution in [0.2, 0.25) is 0 Å². The van der Waals surface area contributed by atoms with Crippen molar-refractivity contribution >= 4 is 5.57 Å². The number of aromatic nitrogens is 1. The van der Waals surface area contributed by atoms with Gasteiger partial charge in [-0.1, -0.05) is 25.3 Å². The van der Waals surface area contributed by atoms with E-state index in [1.807, 2.05) is 18.2 Å². The molecule has 0 amide bonds. The van der Waals surface area contributed by atoms with E-state index in [9.17, 15) is 0 Å². The van der Waals surface area contributed by atoms with E-state index in [0.717, 1.165) is 16.8 Å². The van der Waals surface area contributed by atoms with E-state index in [4.69, 9.17) is 5.26 Å². The lowest BCUT2D eigenvalue weighted by Gasteiger charge is -1.99. The van der Waals surface area contributed by atoms with Crippen LogP contribution < -0.4 is 0 Å². The second-order valence-corrected chi connectivity index (χ2v) is 2.60. The minimum atomic E-state index is 0.348. The van der Waals surface area contributed by atoms with Crippen LogP contribution in [0.3, 0.4) is 0 Å². The molecule has 1 aromatic rings. The molecule has 1 aromatic heterocycles. The second kappa shape index (κ2) is 4.22. The monoisotopic (exact) mass is 170 g/mol. The summed E-state index contributed by atoms with van der Waals surface area (Å²) in [5, 5.41) is 8.42. The van der Waals surface area contributed by atoms with Crippen LogP contribution in [0, 0.1) is 11.3 Å². The summed E-state index contributed by atoms with van der Waals surface area (Å²) in [4.78, 5) is 4.11. The minimum Gasteiger partial charge on any atom is -0.260 e. The van der Waals surface area contributed by atoms with Crippen molar-refractivity contribution in [3.8, 4) is 6.07 Å². The number of hydrogen-bond donors (Lipinski definition) is 0. The molecule has 0 aliphatic heterocycles. The normalized spacial score (nSPS) is 8.85. The third kappa shape index (κ3) is 2.28. The van der Waals surface area contributed by atoms with E-state index >= 15 is 0 Å². The van der Waals surface area contributed by atoms with Gasteiger partial charge in [-0.05, 0) is 17.2 Å². The molecule has 2 heteroatoms. The molecule has 0 spiro atoms. The largest absolute Gasteiger partial charge is 0.260 e. The summed E-state index contributed by atoms with van der Waals surface area (Å²) in [6, 6.07) is 5.76. The van der Waals surface area contributed by atoms with Crippen molar-refractivity contribution in [3.05, 3.63) is 48.8 Å². The molecule has 2 nitrogen and oxygen atoms in total. The molecule has 0 saturated carbocycles. The number of pyridine rings is 1. The highest BCUT2D eigenvalue weighted by molar-refractivity contribution is 5.70. The van der Waals surface area contributed by atoms with Crippen molar-refractivity contribution in [2.75, 3.05) is 0 Å². The average molecular weight is 170 g/mol. The summed E-state index contributed by atoms with van der Waals surface area (Å²) in [7, 11) is 0. The Bertz CT molecular complexity index is 355. The highest BCUT2D eigenvalue weighted by atomic mass is 14.7. The highest BCUT2D eigenvalue weighted by Crippen LogP contribution is 2.11. The molecule has 1 rings (SSSR count). The predicted molar refractivity (Wildman–Crippen MR) is 52.8 cm³/mol. The van der Waals surface area contributed by atoms with Gasteiger partial charge in [-0.2, -0.15) is 5.26 Å². The van der Waals surface area contributed by atoms with Crippen LogP contribution in [0.5, 0.6) is 0 Å². The zero-order valence-corrected chi connectivity index (χ0v) is 7.33. The Morgan fingerprint density at radius 1 is 1.62 bits per heavy atom. The van der Waals surface area contributed by atoms with Gasteiger partial charge in [0.05, 0.1) is 18.2 Å². The van der Waals surface area contributed by atoms with Crippen molar-refractivity contribution in [2.45, 2.75) is 6.42 Å². The fourth-order valence-corrected chi connectivity index (χ4v) is 0.918. The Balaban J connectivity index is 2.88. The fraction of sp³-hybridized carbons (Fsp3) is 0.0909. The summed E-state index contributed by atoms with van der Waals surface area (Å²) in [6.45, 7) is 7.41. The lowest BCUT2D eigenvalue weighted by molar-refractivity contribution is 1.11. The first-order chi connectivity index (χ1) is 6.27. The molecule has 0 aliphatic carbocycles. The quantitative estimate of drug-likeness (QED) is 0.653. The molecule has 0 radical (unpaired) electrons. The topological polar surface area (TPSA) is 36.7 Å². The number of hydrogen-bond acceptors (Lipinski definition) is 2. The van der Waals surface area contributed by atoms with Crippen molar-refractivity contribution in [1.82, 2.24) is 4.98 Å². The van der Waals surface area contributed by atoms with Crippen LogP contribution >= 0.6 is 0 Å². The fourth-order valence-electron chi connectivity index (χ4n) is 0.918. The number of rotatable bonds is 3. The summed E-state index contributed by atoms with van der Waals surface area (Å²) in [5.41, 5.74) is 2.57. The van der Waals surface area contributed by atoms with Crippen LogP contribution in [-0.4, -0.2) is 4.98 Å². The first-order valence-corrected chi connectivity index (χ1v) is 3.91. The summed E-state index contributed by atoms with van der Waals surface area (Å²) in [5.74, 6) is 0. The lowest BCUT2D eigenvalue weighted by atomic mass is 10.1. The van der Waals surface area contributed by atoms with E-state index in [2.05, 4.69) is 18.1 Å². The maximum atomic E-state index is 8.42. The van der Waals surface area contributed by atoms with Gasteiger partial charge in [0.1, 0.15) is 0 Å². The van der Waals surface area contributed by atoms with Crippen molar-refractivity contribution < 1.29 is 0 Å². The SMILES string of the molecule is C=CC(=C)c1ccc(CC#N)nc1. The molecule has 0 saturated heterocycles. The lowest BCUT2D eigenvalue weighted by Crippen LogP contribution is -1.88. The van der Waals surface area contributed by atoms with Gasteiger partial charge in [-0.3, -0.25) is 4.98 Å². The Morgan fingerprint density at radius 2 is 2.38 bits per heavy atom. The van der Waals surface area contributed by atoms with Gasteiger partial charge in [0.25, 0.3) is 0 Å². The van der Waals surface area contributed by atoms with Crippen LogP contribution in [0.15, 0.2) is 37.6 Å². The zero-order chi connectivity index (χ0) is 9.68. The van der Waals surface area contributed by atoms with Crippen LogP contribution in [0.1, 0.15) is 11.3 Å². The number of allylic oxidation sites excluding steroid dienone is 2. The molecule has 0 aliphatic rings. The first kappa shape index (κ1) is 9.21. The minimum absolute atomic E-state index is 0.348. The standard InChI is InChI=1S/C11H10N2/c1-3-9(2)10-4-5-11(6-7-12)13-8-10/h3-5,8H,1-2,6H2.